The van der Waals surface area contributed by atoms with Gasteiger partial charge in [-0.2, -0.15) is 0 Å². The Bertz CT molecular complexity index is 557. The van der Waals surface area contributed by atoms with Gasteiger partial charge in [0.15, 0.2) is 0 Å². The van der Waals surface area contributed by atoms with E-state index in [4.69, 9.17) is 0 Å². The lowest BCUT2D eigenvalue weighted by molar-refractivity contribution is -0.138. The molecule has 2 amide bonds. The molecular formula is C18H27N3O2S. The summed E-state index contributed by atoms with van der Waals surface area (Å²) in [5, 5.41) is 1.93. The first-order valence-corrected chi connectivity index (χ1v) is 9.80. The highest BCUT2D eigenvalue weighted by Crippen LogP contribution is 2.23. The van der Waals surface area contributed by atoms with Crippen molar-refractivity contribution in [3.05, 3.63) is 22.4 Å². The maximum Gasteiger partial charge on any atom is 0.264 e. The molecule has 2 aliphatic rings. The Labute approximate surface area is 148 Å². The van der Waals surface area contributed by atoms with Gasteiger partial charge in [0.2, 0.25) is 5.91 Å². The van der Waals surface area contributed by atoms with E-state index in [2.05, 4.69) is 23.6 Å². The molecule has 3 heterocycles. The molecule has 0 radical (unpaired) electrons. The molecule has 0 spiro atoms. The number of piperazine rings is 1. The van der Waals surface area contributed by atoms with E-state index >= 15 is 0 Å². The molecule has 2 aliphatic heterocycles. The number of carbonyl (C=O) groups excluding carboxylic acids is 2. The summed E-state index contributed by atoms with van der Waals surface area (Å²) in [6.45, 7) is 7.76. The highest BCUT2D eigenvalue weighted by molar-refractivity contribution is 7.12. The Morgan fingerprint density at radius 3 is 2.38 bits per heavy atom. The molecule has 0 bridgehead atoms. The zero-order valence-electron chi connectivity index (χ0n) is 14.6. The number of nitrogens with zero attached hydrogens (tertiary/aromatic N) is 3. The van der Waals surface area contributed by atoms with Crippen LogP contribution in [0.15, 0.2) is 17.5 Å². The van der Waals surface area contributed by atoms with E-state index in [0.717, 1.165) is 30.8 Å². The fourth-order valence-corrected chi connectivity index (χ4v) is 4.54. The van der Waals surface area contributed by atoms with Crippen molar-refractivity contribution >= 4 is 23.2 Å². The summed E-state index contributed by atoms with van der Waals surface area (Å²) in [6.07, 6.45) is 3.44. The number of amides is 2. The second kappa shape index (κ2) is 7.66. The molecule has 0 aromatic carbocycles. The minimum absolute atomic E-state index is 0.120. The number of hydrogen-bond donors (Lipinski definition) is 0. The summed E-state index contributed by atoms with van der Waals surface area (Å²) in [7, 11) is 0. The number of carbonyl (C=O) groups is 2. The van der Waals surface area contributed by atoms with Crippen molar-refractivity contribution in [3.8, 4) is 0 Å². The minimum atomic E-state index is 0.120. The second-order valence-electron chi connectivity index (χ2n) is 6.98. The molecule has 132 valence electrons. The molecule has 2 unspecified atom stereocenters. The van der Waals surface area contributed by atoms with Crippen LogP contribution in [-0.2, 0) is 4.79 Å². The van der Waals surface area contributed by atoms with Crippen LogP contribution in [0.5, 0.6) is 0 Å². The Kier molecular flexibility index (Phi) is 5.56. The van der Waals surface area contributed by atoms with Crippen LogP contribution in [0.4, 0.5) is 0 Å². The first-order valence-electron chi connectivity index (χ1n) is 8.92. The van der Waals surface area contributed by atoms with E-state index in [-0.39, 0.29) is 11.8 Å². The van der Waals surface area contributed by atoms with E-state index in [0.29, 0.717) is 31.7 Å². The van der Waals surface area contributed by atoms with E-state index in [1.807, 2.05) is 22.4 Å². The first-order chi connectivity index (χ1) is 11.6. The van der Waals surface area contributed by atoms with Gasteiger partial charge in [0.25, 0.3) is 5.91 Å². The molecule has 5 nitrogen and oxygen atoms in total. The molecule has 3 rings (SSSR count). The van der Waals surface area contributed by atoms with E-state index in [9.17, 15) is 9.59 Å². The smallest absolute Gasteiger partial charge is 0.264 e. The van der Waals surface area contributed by atoms with Crippen LogP contribution in [0, 0.1) is 0 Å². The summed E-state index contributed by atoms with van der Waals surface area (Å²) in [5.74, 6) is 0.363. The van der Waals surface area contributed by atoms with Crippen LogP contribution >= 0.6 is 11.3 Å². The van der Waals surface area contributed by atoms with Crippen molar-refractivity contribution in [2.75, 3.05) is 32.7 Å². The zero-order chi connectivity index (χ0) is 17.1. The van der Waals surface area contributed by atoms with Crippen molar-refractivity contribution in [2.24, 2.45) is 0 Å². The van der Waals surface area contributed by atoms with Crippen molar-refractivity contribution in [3.63, 3.8) is 0 Å². The molecule has 6 heteroatoms. The molecule has 1 aromatic heterocycles. The number of thiophene rings is 1. The number of likely N-dealkylation sites (tertiary alicyclic amines) is 1. The Hall–Kier alpha value is -1.40. The molecule has 0 N–H and O–H groups in total. The van der Waals surface area contributed by atoms with Crippen molar-refractivity contribution in [1.29, 1.82) is 0 Å². The van der Waals surface area contributed by atoms with E-state index in [1.54, 1.807) is 0 Å². The lowest BCUT2D eigenvalue weighted by atomic mass is 9.97. The van der Waals surface area contributed by atoms with Crippen molar-refractivity contribution in [1.82, 2.24) is 14.7 Å². The van der Waals surface area contributed by atoms with Gasteiger partial charge in [-0.3, -0.25) is 14.5 Å². The predicted octanol–water partition coefficient (Wildman–Crippen LogP) is 2.30. The zero-order valence-corrected chi connectivity index (χ0v) is 15.4. The van der Waals surface area contributed by atoms with Crippen LogP contribution in [0.1, 0.15) is 42.8 Å². The minimum Gasteiger partial charge on any atom is -0.336 e. The van der Waals surface area contributed by atoms with Gasteiger partial charge in [0.1, 0.15) is 0 Å². The maximum atomic E-state index is 12.7. The van der Waals surface area contributed by atoms with Gasteiger partial charge in [-0.15, -0.1) is 11.3 Å². The monoisotopic (exact) mass is 349 g/mol. The van der Waals surface area contributed by atoms with Gasteiger partial charge in [0.05, 0.1) is 11.4 Å². The van der Waals surface area contributed by atoms with Crippen LogP contribution in [0.2, 0.25) is 0 Å². The highest BCUT2D eigenvalue weighted by Gasteiger charge is 2.31. The van der Waals surface area contributed by atoms with E-state index in [1.165, 1.54) is 17.8 Å². The number of rotatable bonds is 3. The molecular weight excluding hydrogens is 322 g/mol. The van der Waals surface area contributed by atoms with Crippen LogP contribution in [0.25, 0.3) is 0 Å². The largest absolute Gasteiger partial charge is 0.336 e. The second-order valence-corrected chi connectivity index (χ2v) is 7.92. The van der Waals surface area contributed by atoms with Crippen molar-refractivity contribution in [2.45, 2.75) is 45.2 Å². The number of piperidine rings is 1. The fourth-order valence-electron chi connectivity index (χ4n) is 3.85. The SMILES string of the molecule is CC1CCCC(C)N1C(=O)CN1CCN(C(=O)c2cccs2)CC1. The van der Waals surface area contributed by atoms with Crippen LogP contribution < -0.4 is 0 Å². The van der Waals surface area contributed by atoms with Crippen molar-refractivity contribution < 1.29 is 9.59 Å². The summed E-state index contributed by atoms with van der Waals surface area (Å²) >= 11 is 1.49. The third-order valence-electron chi connectivity index (χ3n) is 5.23. The average molecular weight is 350 g/mol. The maximum absolute atomic E-state index is 12.7. The molecule has 2 atom stereocenters. The summed E-state index contributed by atoms with van der Waals surface area (Å²) < 4.78 is 0. The summed E-state index contributed by atoms with van der Waals surface area (Å²) in [4.78, 5) is 32.0. The van der Waals surface area contributed by atoms with Gasteiger partial charge in [-0.1, -0.05) is 6.07 Å². The predicted molar refractivity (Wildman–Crippen MR) is 96.3 cm³/mol. The third-order valence-corrected chi connectivity index (χ3v) is 6.09. The molecule has 24 heavy (non-hydrogen) atoms. The van der Waals surface area contributed by atoms with Crippen LogP contribution in [0.3, 0.4) is 0 Å². The first kappa shape index (κ1) is 17.4. The van der Waals surface area contributed by atoms with Gasteiger partial charge in [-0.25, -0.2) is 0 Å². The average Bonchev–Trinajstić information content (AvgIpc) is 3.09. The van der Waals surface area contributed by atoms with E-state index < -0.39 is 0 Å². The fraction of sp³-hybridized carbons (Fsp3) is 0.667. The lowest BCUT2D eigenvalue weighted by Crippen LogP contribution is -2.54. The lowest BCUT2D eigenvalue weighted by Gasteiger charge is -2.41. The third kappa shape index (κ3) is 3.81. The number of hydrogen-bond acceptors (Lipinski definition) is 4. The summed E-state index contributed by atoms with van der Waals surface area (Å²) in [5.41, 5.74) is 0. The Balaban J connectivity index is 1.50. The molecule has 2 saturated heterocycles. The Morgan fingerprint density at radius 2 is 1.79 bits per heavy atom. The molecule has 2 fully saturated rings. The standard InChI is InChI=1S/C18H27N3O2S/c1-14-5-3-6-15(2)21(14)17(22)13-19-8-10-20(11-9-19)18(23)16-7-4-12-24-16/h4,7,12,14-15H,3,5-6,8-11,13H2,1-2H3. The quantitative estimate of drug-likeness (QED) is 0.841. The van der Waals surface area contributed by atoms with Gasteiger partial charge in [-0.05, 0) is 44.6 Å². The van der Waals surface area contributed by atoms with Gasteiger partial charge in [0, 0.05) is 38.3 Å². The highest BCUT2D eigenvalue weighted by atomic mass is 32.1. The van der Waals surface area contributed by atoms with Gasteiger partial charge >= 0.3 is 0 Å². The normalized spacial score (nSPS) is 25.8. The summed E-state index contributed by atoms with van der Waals surface area (Å²) in [6, 6.07) is 4.49. The molecule has 0 aliphatic carbocycles. The van der Waals surface area contributed by atoms with Crippen LogP contribution in [-0.4, -0.2) is 71.3 Å². The molecule has 0 saturated carbocycles. The Morgan fingerprint density at radius 1 is 1.12 bits per heavy atom. The topological polar surface area (TPSA) is 43.9 Å². The molecule has 1 aromatic rings. The van der Waals surface area contributed by atoms with Gasteiger partial charge < -0.3 is 9.80 Å².